The molecule has 1 aromatic carbocycles. The van der Waals surface area contributed by atoms with Crippen LogP contribution in [0.25, 0.3) is 0 Å². The summed E-state index contributed by atoms with van der Waals surface area (Å²) < 4.78 is 10.3. The molecule has 0 spiro atoms. The number of ether oxygens (including phenoxy) is 2. The van der Waals surface area contributed by atoms with E-state index in [0.717, 1.165) is 63.9 Å². The smallest absolute Gasteiger partial charge is 0.191 e. The molecule has 142 valence electrons. The topological polar surface area (TPSA) is 58.1 Å². The van der Waals surface area contributed by atoms with Crippen LogP contribution in [0.5, 0.6) is 5.75 Å². The van der Waals surface area contributed by atoms with Crippen LogP contribution in [-0.4, -0.2) is 71.5 Å². The number of rotatable bonds is 12. The van der Waals surface area contributed by atoms with Gasteiger partial charge in [-0.2, -0.15) is 0 Å². The maximum absolute atomic E-state index is 5.26. The average molecular weight is 351 g/mol. The molecular weight excluding hydrogens is 316 g/mol. The molecule has 6 heteroatoms. The second kappa shape index (κ2) is 13.5. The summed E-state index contributed by atoms with van der Waals surface area (Å²) in [6.07, 6.45) is 1.98. The Morgan fingerprint density at radius 2 is 2.04 bits per heavy atom. The number of hydrogen-bond donors (Lipinski definition) is 2. The minimum atomic E-state index is 0.776. The Morgan fingerprint density at radius 3 is 2.76 bits per heavy atom. The van der Waals surface area contributed by atoms with E-state index < -0.39 is 0 Å². The first-order valence-corrected chi connectivity index (χ1v) is 9.02. The Balaban J connectivity index is 2.34. The fourth-order valence-corrected chi connectivity index (χ4v) is 2.42. The zero-order valence-electron chi connectivity index (χ0n) is 16.2. The Hall–Kier alpha value is -1.79. The van der Waals surface area contributed by atoms with Gasteiger partial charge in [-0.3, -0.25) is 4.99 Å². The lowest BCUT2D eigenvalue weighted by atomic mass is 10.1. The minimum Gasteiger partial charge on any atom is -0.497 e. The van der Waals surface area contributed by atoms with Crippen molar-refractivity contribution in [1.29, 1.82) is 0 Å². The first kappa shape index (κ1) is 21.3. The summed E-state index contributed by atoms with van der Waals surface area (Å²) in [7, 11) is 5.55. The number of guanidine groups is 1. The summed E-state index contributed by atoms with van der Waals surface area (Å²) in [5.41, 5.74) is 1.25. The molecule has 0 aliphatic rings. The molecular formula is C19H34N4O2. The van der Waals surface area contributed by atoms with E-state index in [1.165, 1.54) is 5.56 Å². The molecule has 0 atom stereocenters. The van der Waals surface area contributed by atoms with Gasteiger partial charge in [0.05, 0.1) is 13.7 Å². The third-order valence-electron chi connectivity index (χ3n) is 3.82. The largest absolute Gasteiger partial charge is 0.497 e. The third-order valence-corrected chi connectivity index (χ3v) is 3.82. The lowest BCUT2D eigenvalue weighted by Crippen LogP contribution is -2.39. The fraction of sp³-hybridized carbons (Fsp3) is 0.632. The molecule has 1 aromatic rings. The molecule has 0 unspecified atom stereocenters. The SMILES string of the molecule is CCNC(=NCCN(C)CCCOC)NCCc1cccc(OC)c1. The fourth-order valence-electron chi connectivity index (χ4n) is 2.42. The van der Waals surface area contributed by atoms with Gasteiger partial charge in [-0.05, 0) is 44.5 Å². The predicted molar refractivity (Wildman–Crippen MR) is 105 cm³/mol. The van der Waals surface area contributed by atoms with Gasteiger partial charge in [0.25, 0.3) is 0 Å². The summed E-state index contributed by atoms with van der Waals surface area (Å²) in [5.74, 6) is 1.77. The van der Waals surface area contributed by atoms with Crippen LogP contribution in [0.4, 0.5) is 0 Å². The highest BCUT2D eigenvalue weighted by Crippen LogP contribution is 2.12. The molecule has 25 heavy (non-hydrogen) atoms. The lowest BCUT2D eigenvalue weighted by molar-refractivity contribution is 0.180. The van der Waals surface area contributed by atoms with Gasteiger partial charge >= 0.3 is 0 Å². The van der Waals surface area contributed by atoms with Gasteiger partial charge in [-0.25, -0.2) is 0 Å². The Labute approximate surface area is 152 Å². The molecule has 6 nitrogen and oxygen atoms in total. The van der Waals surface area contributed by atoms with Crippen LogP contribution in [0.3, 0.4) is 0 Å². The minimum absolute atomic E-state index is 0.776. The summed E-state index contributed by atoms with van der Waals surface area (Å²) in [5, 5.41) is 6.69. The molecule has 0 heterocycles. The van der Waals surface area contributed by atoms with Crippen LogP contribution in [0, 0.1) is 0 Å². The zero-order valence-corrected chi connectivity index (χ0v) is 16.2. The number of likely N-dealkylation sites (N-methyl/N-ethyl adjacent to an activating group) is 1. The lowest BCUT2D eigenvalue weighted by Gasteiger charge is -2.16. The maximum atomic E-state index is 5.26. The standard InChI is InChI=1S/C19H34N4O2/c1-5-20-19(22-12-14-23(2)13-7-15-24-3)21-11-10-17-8-6-9-18(16-17)25-4/h6,8-9,16H,5,7,10-15H2,1-4H3,(H2,20,21,22). The summed E-state index contributed by atoms with van der Waals surface area (Å²) in [4.78, 5) is 6.92. The number of aliphatic imine (C=N–C) groups is 1. The number of nitrogens with zero attached hydrogens (tertiary/aromatic N) is 2. The quantitative estimate of drug-likeness (QED) is 0.342. The van der Waals surface area contributed by atoms with E-state index in [-0.39, 0.29) is 0 Å². The average Bonchev–Trinajstić information content (AvgIpc) is 2.62. The Kier molecular flexibility index (Phi) is 11.5. The van der Waals surface area contributed by atoms with E-state index in [1.54, 1.807) is 14.2 Å². The Bertz CT molecular complexity index is 494. The summed E-state index contributed by atoms with van der Waals surface area (Å²) >= 11 is 0. The van der Waals surface area contributed by atoms with Gasteiger partial charge < -0.3 is 25.0 Å². The van der Waals surface area contributed by atoms with E-state index in [2.05, 4.69) is 46.6 Å². The molecule has 0 aliphatic carbocycles. The van der Waals surface area contributed by atoms with Gasteiger partial charge in [0.1, 0.15) is 5.75 Å². The number of nitrogens with one attached hydrogen (secondary N) is 2. The van der Waals surface area contributed by atoms with E-state index in [9.17, 15) is 0 Å². The summed E-state index contributed by atoms with van der Waals surface area (Å²) in [6, 6.07) is 8.17. The molecule has 0 saturated heterocycles. The monoisotopic (exact) mass is 350 g/mol. The molecule has 2 N–H and O–H groups in total. The van der Waals surface area contributed by atoms with Crippen LogP contribution in [0.1, 0.15) is 18.9 Å². The highest BCUT2D eigenvalue weighted by atomic mass is 16.5. The van der Waals surface area contributed by atoms with Crippen molar-refractivity contribution >= 4 is 5.96 Å². The molecule has 0 amide bonds. The maximum Gasteiger partial charge on any atom is 0.191 e. The van der Waals surface area contributed by atoms with Crippen LogP contribution < -0.4 is 15.4 Å². The number of benzene rings is 1. The van der Waals surface area contributed by atoms with Gasteiger partial charge in [0, 0.05) is 39.9 Å². The van der Waals surface area contributed by atoms with Crippen LogP contribution in [-0.2, 0) is 11.2 Å². The predicted octanol–water partition coefficient (Wildman–Crippen LogP) is 1.76. The Morgan fingerprint density at radius 1 is 1.20 bits per heavy atom. The molecule has 0 aliphatic heterocycles. The second-order valence-corrected chi connectivity index (χ2v) is 5.94. The highest BCUT2D eigenvalue weighted by Gasteiger charge is 2.01. The molecule has 0 aromatic heterocycles. The van der Waals surface area contributed by atoms with Crippen molar-refractivity contribution in [3.63, 3.8) is 0 Å². The van der Waals surface area contributed by atoms with Crippen molar-refractivity contribution in [2.45, 2.75) is 19.8 Å². The third kappa shape index (κ3) is 9.94. The van der Waals surface area contributed by atoms with Crippen molar-refractivity contribution in [1.82, 2.24) is 15.5 Å². The van der Waals surface area contributed by atoms with E-state index >= 15 is 0 Å². The van der Waals surface area contributed by atoms with Crippen molar-refractivity contribution in [3.05, 3.63) is 29.8 Å². The van der Waals surface area contributed by atoms with Crippen LogP contribution in [0.15, 0.2) is 29.3 Å². The first-order valence-electron chi connectivity index (χ1n) is 9.02. The van der Waals surface area contributed by atoms with Gasteiger partial charge in [-0.1, -0.05) is 12.1 Å². The van der Waals surface area contributed by atoms with Crippen molar-refractivity contribution < 1.29 is 9.47 Å². The van der Waals surface area contributed by atoms with E-state index in [1.807, 2.05) is 12.1 Å². The molecule has 0 saturated carbocycles. The number of hydrogen-bond acceptors (Lipinski definition) is 4. The molecule has 1 rings (SSSR count). The first-order chi connectivity index (χ1) is 12.2. The number of methoxy groups -OCH3 is 2. The van der Waals surface area contributed by atoms with E-state index in [4.69, 9.17) is 9.47 Å². The second-order valence-electron chi connectivity index (χ2n) is 5.94. The van der Waals surface area contributed by atoms with Crippen LogP contribution >= 0.6 is 0 Å². The van der Waals surface area contributed by atoms with Crippen molar-refractivity contribution in [3.8, 4) is 5.75 Å². The van der Waals surface area contributed by atoms with Crippen molar-refractivity contribution in [2.24, 2.45) is 4.99 Å². The molecule has 0 fully saturated rings. The van der Waals surface area contributed by atoms with Gasteiger partial charge in [0.2, 0.25) is 0 Å². The van der Waals surface area contributed by atoms with Gasteiger partial charge in [0.15, 0.2) is 5.96 Å². The normalized spacial score (nSPS) is 11.6. The zero-order chi connectivity index (χ0) is 18.3. The van der Waals surface area contributed by atoms with Crippen molar-refractivity contribution in [2.75, 3.05) is 60.6 Å². The van der Waals surface area contributed by atoms with Crippen LogP contribution in [0.2, 0.25) is 0 Å². The summed E-state index contributed by atoms with van der Waals surface area (Å²) in [6.45, 7) is 7.33. The molecule has 0 bridgehead atoms. The van der Waals surface area contributed by atoms with Gasteiger partial charge in [-0.15, -0.1) is 0 Å². The molecule has 0 radical (unpaired) electrons. The van der Waals surface area contributed by atoms with E-state index in [0.29, 0.717) is 0 Å². The highest BCUT2D eigenvalue weighted by molar-refractivity contribution is 5.79.